The van der Waals surface area contributed by atoms with Gasteiger partial charge in [0, 0.05) is 35.9 Å². The normalized spacial score (nSPS) is 14.7. The minimum atomic E-state index is -0.306. The Hall–Kier alpha value is -4.23. The standard InChI is InChI=1S/C35H40N6O/c1-2-25-12-14-27(15-13-25)24-41-33(17-16-26-8-4-3-5-9-26)39-40-34(41)32(38-35(42)28-18-20-36-21-19-28)22-29-23-37-31-11-7-6-10-30(29)31/h3-15,23,28,32,36-37H,2,16-22,24H2,1H3,(H,38,42)/t32-/m1/s1. The Labute approximate surface area is 247 Å². The summed E-state index contributed by atoms with van der Waals surface area (Å²) in [6, 6.07) is 27.3. The molecule has 216 valence electrons. The van der Waals surface area contributed by atoms with Gasteiger partial charge in [-0.25, -0.2) is 0 Å². The summed E-state index contributed by atoms with van der Waals surface area (Å²) in [5, 5.41) is 17.5. The fraction of sp³-hybridized carbons (Fsp3) is 0.343. The zero-order valence-electron chi connectivity index (χ0n) is 24.4. The van der Waals surface area contributed by atoms with E-state index in [-0.39, 0.29) is 17.9 Å². The van der Waals surface area contributed by atoms with Crippen molar-refractivity contribution < 1.29 is 4.79 Å². The molecular formula is C35H40N6O. The number of nitrogens with one attached hydrogen (secondary N) is 3. The Bertz CT molecular complexity index is 1600. The summed E-state index contributed by atoms with van der Waals surface area (Å²) in [7, 11) is 0. The number of nitrogens with zero attached hydrogens (tertiary/aromatic N) is 3. The Morgan fingerprint density at radius 3 is 2.43 bits per heavy atom. The van der Waals surface area contributed by atoms with E-state index in [9.17, 15) is 4.79 Å². The number of amides is 1. The molecule has 3 heterocycles. The third kappa shape index (κ3) is 6.47. The molecular weight excluding hydrogens is 520 g/mol. The molecule has 0 spiro atoms. The summed E-state index contributed by atoms with van der Waals surface area (Å²) in [6.07, 6.45) is 7.06. The predicted octanol–water partition coefficient (Wildman–Crippen LogP) is 5.55. The molecule has 0 aliphatic carbocycles. The molecule has 0 saturated carbocycles. The largest absolute Gasteiger partial charge is 0.361 e. The summed E-state index contributed by atoms with van der Waals surface area (Å²) in [5.41, 5.74) is 6.05. The number of fused-ring (bicyclic) bond motifs is 1. The Morgan fingerprint density at radius 2 is 1.64 bits per heavy atom. The summed E-state index contributed by atoms with van der Waals surface area (Å²) in [5.74, 6) is 1.86. The lowest BCUT2D eigenvalue weighted by Gasteiger charge is -2.26. The molecule has 3 aromatic carbocycles. The minimum absolute atomic E-state index is 0.00669. The number of piperidine rings is 1. The molecule has 0 bridgehead atoms. The van der Waals surface area contributed by atoms with Crippen LogP contribution in [0.2, 0.25) is 0 Å². The number of para-hydroxylation sites is 1. The van der Waals surface area contributed by atoms with E-state index in [1.807, 2.05) is 12.1 Å². The van der Waals surface area contributed by atoms with E-state index in [1.54, 1.807) is 0 Å². The Morgan fingerprint density at radius 1 is 0.905 bits per heavy atom. The molecule has 7 heteroatoms. The van der Waals surface area contributed by atoms with E-state index in [0.717, 1.165) is 67.9 Å². The van der Waals surface area contributed by atoms with Crippen LogP contribution in [-0.2, 0) is 37.0 Å². The molecule has 42 heavy (non-hydrogen) atoms. The number of hydrogen-bond donors (Lipinski definition) is 3. The molecule has 1 saturated heterocycles. The van der Waals surface area contributed by atoms with Gasteiger partial charge >= 0.3 is 0 Å². The van der Waals surface area contributed by atoms with Crippen LogP contribution in [0, 0.1) is 5.92 Å². The van der Waals surface area contributed by atoms with Crippen LogP contribution in [0.15, 0.2) is 85.1 Å². The second-order valence-corrected chi connectivity index (χ2v) is 11.4. The van der Waals surface area contributed by atoms with Gasteiger partial charge < -0.3 is 20.2 Å². The number of aromatic nitrogens is 4. The molecule has 1 aliphatic heterocycles. The second-order valence-electron chi connectivity index (χ2n) is 11.4. The molecule has 5 aromatic rings. The molecule has 1 fully saturated rings. The monoisotopic (exact) mass is 560 g/mol. The molecule has 6 rings (SSSR count). The fourth-order valence-electron chi connectivity index (χ4n) is 6.03. The predicted molar refractivity (Wildman–Crippen MR) is 167 cm³/mol. The zero-order valence-corrected chi connectivity index (χ0v) is 24.4. The lowest BCUT2D eigenvalue weighted by atomic mass is 9.96. The number of aryl methyl sites for hydroxylation is 3. The maximum atomic E-state index is 13.6. The van der Waals surface area contributed by atoms with Gasteiger partial charge in [-0.15, -0.1) is 10.2 Å². The first-order valence-electron chi connectivity index (χ1n) is 15.3. The summed E-state index contributed by atoms with van der Waals surface area (Å²) < 4.78 is 2.24. The highest BCUT2D eigenvalue weighted by Crippen LogP contribution is 2.26. The second kappa shape index (κ2) is 13.2. The zero-order chi connectivity index (χ0) is 28.7. The number of hydrogen-bond acceptors (Lipinski definition) is 4. The molecule has 1 aliphatic rings. The van der Waals surface area contributed by atoms with Gasteiger partial charge in [0.05, 0.1) is 12.6 Å². The first-order chi connectivity index (χ1) is 20.7. The molecule has 2 aromatic heterocycles. The van der Waals surface area contributed by atoms with E-state index in [0.29, 0.717) is 13.0 Å². The van der Waals surface area contributed by atoms with Gasteiger partial charge in [0.2, 0.25) is 5.91 Å². The molecule has 0 unspecified atom stereocenters. The first-order valence-corrected chi connectivity index (χ1v) is 15.3. The smallest absolute Gasteiger partial charge is 0.223 e. The fourth-order valence-corrected chi connectivity index (χ4v) is 6.03. The topological polar surface area (TPSA) is 87.6 Å². The molecule has 7 nitrogen and oxygen atoms in total. The molecule has 3 N–H and O–H groups in total. The molecule has 0 radical (unpaired) electrons. The van der Waals surface area contributed by atoms with Crippen molar-refractivity contribution in [1.82, 2.24) is 30.4 Å². The average molecular weight is 561 g/mol. The van der Waals surface area contributed by atoms with Gasteiger partial charge in [-0.1, -0.05) is 79.7 Å². The van der Waals surface area contributed by atoms with Crippen molar-refractivity contribution in [3.8, 4) is 0 Å². The van der Waals surface area contributed by atoms with Gasteiger partial charge in [-0.05, 0) is 67.1 Å². The van der Waals surface area contributed by atoms with Crippen molar-refractivity contribution in [2.24, 2.45) is 5.92 Å². The third-order valence-electron chi connectivity index (χ3n) is 8.55. The van der Waals surface area contributed by atoms with Crippen LogP contribution >= 0.6 is 0 Å². The maximum Gasteiger partial charge on any atom is 0.223 e. The van der Waals surface area contributed by atoms with Crippen LogP contribution < -0.4 is 10.6 Å². The van der Waals surface area contributed by atoms with Crippen molar-refractivity contribution in [3.63, 3.8) is 0 Å². The Kier molecular flexibility index (Phi) is 8.75. The lowest BCUT2D eigenvalue weighted by molar-refractivity contribution is -0.126. The summed E-state index contributed by atoms with van der Waals surface area (Å²) >= 11 is 0. The number of carbonyl (C=O) groups excluding carboxylic acids is 1. The lowest BCUT2D eigenvalue weighted by Crippen LogP contribution is -2.41. The van der Waals surface area contributed by atoms with Gasteiger partial charge in [0.15, 0.2) is 5.82 Å². The van der Waals surface area contributed by atoms with Gasteiger partial charge in [-0.3, -0.25) is 4.79 Å². The third-order valence-corrected chi connectivity index (χ3v) is 8.55. The number of benzene rings is 3. The highest BCUT2D eigenvalue weighted by Gasteiger charge is 2.28. The van der Waals surface area contributed by atoms with Gasteiger partial charge in [0.1, 0.15) is 5.82 Å². The highest BCUT2D eigenvalue weighted by atomic mass is 16.2. The van der Waals surface area contributed by atoms with Crippen LogP contribution in [0.25, 0.3) is 10.9 Å². The first kappa shape index (κ1) is 27.9. The van der Waals surface area contributed by atoms with Crippen LogP contribution in [0.5, 0.6) is 0 Å². The van der Waals surface area contributed by atoms with Crippen LogP contribution in [0.1, 0.15) is 59.7 Å². The van der Waals surface area contributed by atoms with E-state index >= 15 is 0 Å². The van der Waals surface area contributed by atoms with Crippen molar-refractivity contribution in [2.45, 2.75) is 58.0 Å². The number of rotatable bonds is 11. The molecule has 1 amide bonds. The van der Waals surface area contributed by atoms with Crippen molar-refractivity contribution in [1.29, 1.82) is 0 Å². The van der Waals surface area contributed by atoms with Crippen molar-refractivity contribution in [2.75, 3.05) is 13.1 Å². The number of H-pyrrole nitrogens is 1. The minimum Gasteiger partial charge on any atom is -0.361 e. The van der Waals surface area contributed by atoms with Crippen molar-refractivity contribution >= 4 is 16.8 Å². The van der Waals surface area contributed by atoms with E-state index in [4.69, 9.17) is 10.2 Å². The van der Waals surface area contributed by atoms with Gasteiger partial charge in [0.25, 0.3) is 0 Å². The number of aromatic amines is 1. The quantitative estimate of drug-likeness (QED) is 0.198. The average Bonchev–Trinajstić information content (AvgIpc) is 3.64. The highest BCUT2D eigenvalue weighted by molar-refractivity contribution is 5.83. The van der Waals surface area contributed by atoms with E-state index < -0.39 is 0 Å². The SMILES string of the molecule is CCc1ccc(Cn2c(CCc3ccccc3)nnc2[C@@H](Cc2c[nH]c3ccccc23)NC(=O)C2CCNCC2)cc1. The summed E-state index contributed by atoms with van der Waals surface area (Å²) in [6.45, 7) is 4.58. The van der Waals surface area contributed by atoms with Crippen LogP contribution in [0.4, 0.5) is 0 Å². The van der Waals surface area contributed by atoms with Crippen molar-refractivity contribution in [3.05, 3.63) is 119 Å². The Balaban J connectivity index is 1.36. The molecule has 1 atom stereocenters. The number of carbonyl (C=O) groups is 1. The van der Waals surface area contributed by atoms with Crippen LogP contribution in [0.3, 0.4) is 0 Å². The van der Waals surface area contributed by atoms with E-state index in [2.05, 4.69) is 100 Å². The maximum absolute atomic E-state index is 13.6. The van der Waals surface area contributed by atoms with Crippen LogP contribution in [-0.4, -0.2) is 38.7 Å². The van der Waals surface area contributed by atoms with Gasteiger partial charge in [-0.2, -0.15) is 0 Å². The summed E-state index contributed by atoms with van der Waals surface area (Å²) in [4.78, 5) is 17.0. The van der Waals surface area contributed by atoms with E-state index in [1.165, 1.54) is 22.1 Å².